The van der Waals surface area contributed by atoms with Crippen molar-refractivity contribution in [1.82, 2.24) is 10.3 Å². The number of nitrogens with one attached hydrogen (secondary N) is 3. The number of benzene rings is 3. The quantitative estimate of drug-likeness (QED) is 0.122. The van der Waals surface area contributed by atoms with Crippen LogP contribution in [-0.2, 0) is 9.59 Å². The normalized spacial score (nSPS) is 10.9. The van der Waals surface area contributed by atoms with Crippen LogP contribution in [0.5, 0.6) is 0 Å². The van der Waals surface area contributed by atoms with Crippen LogP contribution in [0.2, 0.25) is 0 Å². The molecule has 3 N–H and O–H groups in total. The van der Waals surface area contributed by atoms with Gasteiger partial charge in [-0.25, -0.2) is 0 Å². The van der Waals surface area contributed by atoms with Crippen molar-refractivity contribution in [2.75, 3.05) is 16.4 Å². The van der Waals surface area contributed by atoms with Gasteiger partial charge in [0.05, 0.1) is 5.75 Å². The summed E-state index contributed by atoms with van der Waals surface area (Å²) in [4.78, 5) is 43.2. The predicted octanol–water partition coefficient (Wildman–Crippen LogP) is 5.83. The Labute approximate surface area is 238 Å². The van der Waals surface area contributed by atoms with Gasteiger partial charge in [-0.3, -0.25) is 19.4 Å². The predicted molar refractivity (Wildman–Crippen MR) is 160 cm³/mol. The third-order valence-corrected chi connectivity index (χ3v) is 6.83. The van der Waals surface area contributed by atoms with Crippen molar-refractivity contribution in [1.29, 1.82) is 0 Å². The molecule has 190 valence electrons. The minimum absolute atomic E-state index is 0.0711. The minimum Gasteiger partial charge on any atom is -0.325 e. The first-order chi connectivity index (χ1) is 18.5. The topological polar surface area (TPSA) is 100 Å². The lowest BCUT2D eigenvalue weighted by Crippen LogP contribution is -2.30. The lowest BCUT2D eigenvalue weighted by atomic mass is 10.2. The van der Waals surface area contributed by atoms with Crippen LogP contribution in [0.15, 0.2) is 114 Å². The molecule has 9 heteroatoms. The second-order valence-corrected chi connectivity index (χ2v) is 10.3. The van der Waals surface area contributed by atoms with Gasteiger partial charge in [0.25, 0.3) is 11.8 Å². The first-order valence-corrected chi connectivity index (χ1v) is 13.6. The number of amides is 3. The van der Waals surface area contributed by atoms with E-state index in [4.69, 9.17) is 0 Å². The van der Waals surface area contributed by atoms with Crippen molar-refractivity contribution < 1.29 is 14.4 Å². The number of thioether (sulfide) groups is 1. The second-order valence-electron chi connectivity index (χ2n) is 7.99. The zero-order valence-electron chi connectivity index (χ0n) is 20.1. The van der Waals surface area contributed by atoms with Crippen molar-refractivity contribution in [2.45, 2.75) is 4.90 Å². The fourth-order valence-corrected chi connectivity index (χ4v) is 4.43. The Balaban J connectivity index is 1.42. The number of carbonyl (C=O) groups is 3. The van der Waals surface area contributed by atoms with Crippen molar-refractivity contribution in [3.05, 3.63) is 124 Å². The second kappa shape index (κ2) is 13.5. The van der Waals surface area contributed by atoms with Crippen LogP contribution in [0.3, 0.4) is 0 Å². The molecule has 0 aliphatic heterocycles. The number of halogens is 1. The Morgan fingerprint density at radius 3 is 2.37 bits per heavy atom. The summed E-state index contributed by atoms with van der Waals surface area (Å²) < 4.78 is 1.09. The van der Waals surface area contributed by atoms with Crippen LogP contribution < -0.4 is 16.0 Å². The molecule has 38 heavy (non-hydrogen) atoms. The number of pyridine rings is 1. The zero-order valence-corrected chi connectivity index (χ0v) is 23.0. The summed E-state index contributed by atoms with van der Waals surface area (Å²) in [5.41, 5.74) is 2.43. The molecule has 4 rings (SSSR count). The lowest BCUT2D eigenvalue weighted by Gasteiger charge is -2.12. The van der Waals surface area contributed by atoms with Gasteiger partial charge < -0.3 is 16.0 Å². The molecule has 1 aromatic heterocycles. The maximum Gasteiger partial charge on any atom is 0.272 e. The van der Waals surface area contributed by atoms with Crippen molar-refractivity contribution in [3.8, 4) is 0 Å². The van der Waals surface area contributed by atoms with Crippen molar-refractivity contribution in [2.24, 2.45) is 0 Å². The van der Waals surface area contributed by atoms with Crippen LogP contribution in [0, 0.1) is 3.57 Å². The molecule has 0 saturated heterocycles. The van der Waals surface area contributed by atoms with Crippen LogP contribution in [0.1, 0.15) is 15.9 Å². The first kappa shape index (κ1) is 27.1. The third kappa shape index (κ3) is 8.29. The Morgan fingerprint density at radius 2 is 1.63 bits per heavy atom. The molecule has 4 aromatic rings. The van der Waals surface area contributed by atoms with E-state index in [2.05, 4.69) is 43.5 Å². The molecular weight excluding hydrogens is 611 g/mol. The van der Waals surface area contributed by atoms with Crippen LogP contribution in [-0.4, -0.2) is 28.5 Å². The van der Waals surface area contributed by atoms with E-state index >= 15 is 0 Å². The molecule has 3 amide bonds. The summed E-state index contributed by atoms with van der Waals surface area (Å²) in [5, 5.41) is 8.41. The minimum atomic E-state index is -0.489. The number of rotatable bonds is 9. The number of nitrogens with zero attached hydrogens (tertiary/aromatic N) is 1. The highest BCUT2D eigenvalue weighted by Gasteiger charge is 2.15. The SMILES string of the molecule is O=C(CSc1cccc(NC(=O)/C(=C/c2cccnc2)NC(=O)c2ccccc2)c1)Nc1ccc(I)cc1. The van der Waals surface area contributed by atoms with E-state index in [1.54, 1.807) is 73.1 Å². The van der Waals surface area contributed by atoms with Crippen LogP contribution in [0.25, 0.3) is 6.08 Å². The highest BCUT2D eigenvalue weighted by atomic mass is 127. The fraction of sp³-hybridized carbons (Fsp3) is 0.0345. The molecule has 0 radical (unpaired) electrons. The van der Waals surface area contributed by atoms with Crippen LogP contribution >= 0.6 is 34.4 Å². The largest absolute Gasteiger partial charge is 0.325 e. The van der Waals surface area contributed by atoms with Gasteiger partial charge in [-0.15, -0.1) is 11.8 Å². The van der Waals surface area contributed by atoms with Gasteiger partial charge in [-0.1, -0.05) is 30.3 Å². The Morgan fingerprint density at radius 1 is 0.842 bits per heavy atom. The maximum absolute atomic E-state index is 13.2. The number of aromatic nitrogens is 1. The summed E-state index contributed by atoms with van der Waals surface area (Å²) in [6.45, 7) is 0. The van der Waals surface area contributed by atoms with Gasteiger partial charge in [-0.05, 0) is 94.9 Å². The Bertz CT molecular complexity index is 1450. The summed E-state index contributed by atoms with van der Waals surface area (Å²) >= 11 is 3.56. The molecule has 0 spiro atoms. The smallest absolute Gasteiger partial charge is 0.272 e. The molecule has 0 unspecified atom stereocenters. The van der Waals surface area contributed by atoms with Crippen molar-refractivity contribution >= 4 is 69.5 Å². The highest BCUT2D eigenvalue weighted by molar-refractivity contribution is 14.1. The Hall–Kier alpha value is -3.96. The number of anilines is 2. The number of hydrogen-bond donors (Lipinski definition) is 3. The van der Waals surface area contributed by atoms with Gasteiger partial charge in [-0.2, -0.15) is 0 Å². The molecular formula is C29H23IN4O3S. The van der Waals surface area contributed by atoms with Crippen LogP contribution in [0.4, 0.5) is 11.4 Å². The maximum atomic E-state index is 13.2. The van der Waals surface area contributed by atoms with E-state index in [1.807, 2.05) is 36.4 Å². The average Bonchev–Trinajstić information content (AvgIpc) is 2.94. The number of hydrogen-bond acceptors (Lipinski definition) is 5. The van der Waals surface area contributed by atoms with E-state index in [9.17, 15) is 14.4 Å². The standard InChI is InChI=1S/C29H23IN4O3S/c30-22-11-13-23(14-12-22)32-27(35)19-38-25-10-4-9-24(17-25)33-29(37)26(16-20-6-5-15-31-18-20)34-28(36)21-7-2-1-3-8-21/h1-18H,19H2,(H,32,35)(H,33,37)(H,34,36)/b26-16-. The highest BCUT2D eigenvalue weighted by Crippen LogP contribution is 2.23. The van der Waals surface area contributed by atoms with E-state index in [0.717, 1.165) is 14.2 Å². The number of carbonyl (C=O) groups excluding carboxylic acids is 3. The van der Waals surface area contributed by atoms with Gasteiger partial charge in [0, 0.05) is 37.8 Å². The monoisotopic (exact) mass is 634 g/mol. The van der Waals surface area contributed by atoms with Gasteiger partial charge in [0.15, 0.2) is 0 Å². The van der Waals surface area contributed by atoms with Gasteiger partial charge in [0.2, 0.25) is 5.91 Å². The molecule has 0 aliphatic rings. The lowest BCUT2D eigenvalue weighted by molar-refractivity contribution is -0.114. The van der Waals surface area contributed by atoms with Gasteiger partial charge >= 0.3 is 0 Å². The molecule has 0 saturated carbocycles. The summed E-state index contributed by atoms with van der Waals surface area (Å²) in [5.74, 6) is -0.810. The molecule has 1 heterocycles. The average molecular weight is 634 g/mol. The van der Waals surface area contributed by atoms with E-state index in [-0.39, 0.29) is 17.4 Å². The molecule has 7 nitrogen and oxygen atoms in total. The molecule has 0 fully saturated rings. The summed E-state index contributed by atoms with van der Waals surface area (Å²) in [6, 6.07) is 26.9. The van der Waals surface area contributed by atoms with E-state index in [0.29, 0.717) is 16.8 Å². The van der Waals surface area contributed by atoms with Crippen molar-refractivity contribution in [3.63, 3.8) is 0 Å². The molecule has 3 aromatic carbocycles. The van der Waals surface area contributed by atoms with Gasteiger partial charge in [0.1, 0.15) is 5.70 Å². The van der Waals surface area contributed by atoms with E-state index in [1.165, 1.54) is 11.8 Å². The van der Waals surface area contributed by atoms with E-state index < -0.39 is 11.8 Å². The molecule has 0 atom stereocenters. The molecule has 0 bridgehead atoms. The summed E-state index contributed by atoms with van der Waals surface area (Å²) in [7, 11) is 0. The zero-order chi connectivity index (χ0) is 26.7. The fourth-order valence-electron chi connectivity index (χ4n) is 3.31. The third-order valence-electron chi connectivity index (χ3n) is 5.11. The first-order valence-electron chi connectivity index (χ1n) is 11.5. The molecule has 0 aliphatic carbocycles. The summed E-state index contributed by atoms with van der Waals surface area (Å²) in [6.07, 6.45) is 4.79. The Kier molecular flexibility index (Phi) is 9.65.